The fourth-order valence-electron chi connectivity index (χ4n) is 2.15. The van der Waals surface area contributed by atoms with Gasteiger partial charge in [-0.05, 0) is 18.9 Å². The van der Waals surface area contributed by atoms with Crippen LogP contribution in [0, 0.1) is 0 Å². The second-order valence-corrected chi connectivity index (χ2v) is 6.70. The number of benzene rings is 1. The van der Waals surface area contributed by atoms with E-state index in [1.165, 1.54) is 30.7 Å². The Morgan fingerprint density at radius 2 is 1.95 bits per heavy atom. The zero-order valence-corrected chi connectivity index (χ0v) is 13.0. The van der Waals surface area contributed by atoms with Gasteiger partial charge in [0, 0.05) is 18.7 Å². The maximum absolute atomic E-state index is 12.8. The Balaban J connectivity index is 2.52. The zero-order valence-electron chi connectivity index (χ0n) is 12.2. The fraction of sp³-hybridized carbons (Fsp3) is 0.429. The molecule has 0 radical (unpaired) electrons. The molecule has 21 heavy (non-hydrogen) atoms. The number of ether oxygens (including phenoxy) is 2. The van der Waals surface area contributed by atoms with Gasteiger partial charge in [-0.2, -0.15) is 4.31 Å². The van der Waals surface area contributed by atoms with Gasteiger partial charge in [0.05, 0.1) is 19.9 Å². The second-order valence-electron chi connectivity index (χ2n) is 4.84. The highest BCUT2D eigenvalue weighted by atomic mass is 32.2. The first-order valence-electron chi connectivity index (χ1n) is 6.60. The molecule has 1 aliphatic carbocycles. The molecular formula is C14H20N2O4S. The number of nitrogens with two attached hydrogens (primary N) is 1. The number of hydrogen-bond donors (Lipinski definition) is 1. The number of rotatable bonds is 7. The van der Waals surface area contributed by atoms with Gasteiger partial charge in [-0.3, -0.25) is 0 Å². The maximum Gasteiger partial charge on any atom is 0.247 e. The van der Waals surface area contributed by atoms with E-state index in [1.54, 1.807) is 6.08 Å². The SMILES string of the molecule is C=CCN(C1CC1)S(=O)(=O)c1cc(N)c(OC)cc1OC. The quantitative estimate of drug-likeness (QED) is 0.611. The molecule has 116 valence electrons. The maximum atomic E-state index is 12.8. The molecule has 0 bridgehead atoms. The van der Waals surface area contributed by atoms with Crippen LogP contribution < -0.4 is 15.2 Å². The minimum absolute atomic E-state index is 0.0287. The third-order valence-corrected chi connectivity index (χ3v) is 5.31. The molecule has 7 heteroatoms. The smallest absolute Gasteiger partial charge is 0.247 e. The van der Waals surface area contributed by atoms with Crippen LogP contribution in [-0.4, -0.2) is 39.5 Å². The van der Waals surface area contributed by atoms with Gasteiger partial charge in [-0.15, -0.1) is 6.58 Å². The van der Waals surface area contributed by atoms with Crippen molar-refractivity contribution >= 4 is 15.7 Å². The summed E-state index contributed by atoms with van der Waals surface area (Å²) in [5.41, 5.74) is 6.09. The summed E-state index contributed by atoms with van der Waals surface area (Å²) in [4.78, 5) is 0.0528. The van der Waals surface area contributed by atoms with E-state index in [9.17, 15) is 8.42 Å². The second kappa shape index (κ2) is 5.95. The van der Waals surface area contributed by atoms with Crippen molar-refractivity contribution in [3.63, 3.8) is 0 Å². The normalized spacial score (nSPS) is 15.0. The molecule has 2 N–H and O–H groups in total. The average Bonchev–Trinajstić information content (AvgIpc) is 3.28. The summed E-state index contributed by atoms with van der Waals surface area (Å²) in [6, 6.07) is 2.90. The van der Waals surface area contributed by atoms with Crippen LogP contribution in [0.2, 0.25) is 0 Å². The molecule has 0 aliphatic heterocycles. The van der Waals surface area contributed by atoms with E-state index in [2.05, 4.69) is 6.58 Å². The molecule has 1 fully saturated rings. The molecule has 0 saturated heterocycles. The lowest BCUT2D eigenvalue weighted by molar-refractivity contribution is 0.382. The first kappa shape index (κ1) is 15.7. The van der Waals surface area contributed by atoms with E-state index in [-0.39, 0.29) is 28.9 Å². The number of nitrogen functional groups attached to an aromatic ring is 1. The van der Waals surface area contributed by atoms with Crippen LogP contribution in [0.4, 0.5) is 5.69 Å². The summed E-state index contributed by atoms with van der Waals surface area (Å²) < 4.78 is 37.4. The van der Waals surface area contributed by atoms with Crippen molar-refractivity contribution in [2.75, 3.05) is 26.5 Å². The highest BCUT2D eigenvalue weighted by molar-refractivity contribution is 7.89. The highest BCUT2D eigenvalue weighted by Gasteiger charge is 2.38. The number of sulfonamides is 1. The summed E-state index contributed by atoms with van der Waals surface area (Å²) in [5.74, 6) is 0.600. The van der Waals surface area contributed by atoms with Crippen molar-refractivity contribution in [2.45, 2.75) is 23.8 Å². The minimum atomic E-state index is -3.69. The van der Waals surface area contributed by atoms with E-state index < -0.39 is 10.0 Å². The molecule has 1 aliphatic rings. The molecule has 0 unspecified atom stereocenters. The van der Waals surface area contributed by atoms with E-state index in [4.69, 9.17) is 15.2 Å². The third kappa shape index (κ3) is 2.98. The largest absolute Gasteiger partial charge is 0.495 e. The predicted octanol–water partition coefficient (Wildman–Crippen LogP) is 1.63. The summed E-state index contributed by atoms with van der Waals surface area (Å²) in [5, 5.41) is 0. The zero-order chi connectivity index (χ0) is 15.6. The predicted molar refractivity (Wildman–Crippen MR) is 81.1 cm³/mol. The standard InChI is InChI=1S/C14H20N2O4S/c1-4-7-16(10-5-6-10)21(17,18)14-8-11(15)12(19-2)9-13(14)20-3/h4,8-10H,1,5-7,15H2,2-3H3. The van der Waals surface area contributed by atoms with Gasteiger partial charge in [0.1, 0.15) is 16.4 Å². The Kier molecular flexibility index (Phi) is 4.43. The van der Waals surface area contributed by atoms with E-state index >= 15 is 0 Å². The van der Waals surface area contributed by atoms with Gasteiger partial charge in [0.2, 0.25) is 10.0 Å². The van der Waals surface area contributed by atoms with E-state index in [0.29, 0.717) is 5.75 Å². The van der Waals surface area contributed by atoms with Gasteiger partial charge < -0.3 is 15.2 Å². The molecule has 0 amide bonds. The van der Waals surface area contributed by atoms with Crippen LogP contribution >= 0.6 is 0 Å². The molecule has 1 aromatic rings. The van der Waals surface area contributed by atoms with Gasteiger partial charge in [0.15, 0.2) is 0 Å². The highest BCUT2D eigenvalue weighted by Crippen LogP contribution is 2.38. The third-order valence-electron chi connectivity index (χ3n) is 3.37. The lowest BCUT2D eigenvalue weighted by Crippen LogP contribution is -2.33. The topological polar surface area (TPSA) is 81.9 Å². The molecule has 0 aromatic heterocycles. The Bertz CT molecular complexity index is 639. The molecule has 6 nitrogen and oxygen atoms in total. The molecule has 1 aromatic carbocycles. The Hall–Kier alpha value is -1.73. The van der Waals surface area contributed by atoms with Crippen LogP contribution in [0.15, 0.2) is 29.7 Å². The van der Waals surface area contributed by atoms with Gasteiger partial charge >= 0.3 is 0 Å². The molecule has 2 rings (SSSR count). The number of hydrogen-bond acceptors (Lipinski definition) is 5. The Morgan fingerprint density at radius 1 is 1.33 bits per heavy atom. The van der Waals surface area contributed by atoms with Crippen molar-refractivity contribution in [3.05, 3.63) is 24.8 Å². The van der Waals surface area contributed by atoms with Crippen molar-refractivity contribution in [1.29, 1.82) is 0 Å². The van der Waals surface area contributed by atoms with Crippen molar-refractivity contribution in [1.82, 2.24) is 4.31 Å². The van der Waals surface area contributed by atoms with Crippen LogP contribution in [0.5, 0.6) is 11.5 Å². The monoisotopic (exact) mass is 312 g/mol. The van der Waals surface area contributed by atoms with Crippen LogP contribution in [-0.2, 0) is 10.0 Å². The van der Waals surface area contributed by atoms with Crippen LogP contribution in [0.1, 0.15) is 12.8 Å². The lowest BCUT2D eigenvalue weighted by Gasteiger charge is -2.22. The Morgan fingerprint density at radius 3 is 2.43 bits per heavy atom. The number of anilines is 1. The first-order chi connectivity index (χ1) is 9.95. The molecule has 0 heterocycles. The lowest BCUT2D eigenvalue weighted by atomic mass is 10.3. The number of methoxy groups -OCH3 is 2. The summed E-state index contributed by atoms with van der Waals surface area (Å²) >= 11 is 0. The van der Waals surface area contributed by atoms with Gasteiger partial charge in [-0.1, -0.05) is 6.08 Å². The minimum Gasteiger partial charge on any atom is -0.495 e. The summed E-state index contributed by atoms with van der Waals surface area (Å²) in [7, 11) is -0.807. The summed E-state index contributed by atoms with van der Waals surface area (Å²) in [6.45, 7) is 3.89. The van der Waals surface area contributed by atoms with Crippen molar-refractivity contribution < 1.29 is 17.9 Å². The van der Waals surface area contributed by atoms with Gasteiger partial charge in [-0.25, -0.2) is 8.42 Å². The molecule has 0 atom stereocenters. The Labute approximate surface area is 125 Å². The number of nitrogens with zero attached hydrogens (tertiary/aromatic N) is 1. The van der Waals surface area contributed by atoms with Crippen LogP contribution in [0.25, 0.3) is 0 Å². The molecule has 1 saturated carbocycles. The fourth-order valence-corrected chi connectivity index (χ4v) is 3.98. The first-order valence-corrected chi connectivity index (χ1v) is 8.04. The summed E-state index contributed by atoms with van der Waals surface area (Å²) in [6.07, 6.45) is 3.30. The van der Waals surface area contributed by atoms with Crippen molar-refractivity contribution in [2.24, 2.45) is 0 Å². The van der Waals surface area contributed by atoms with E-state index in [1.807, 2.05) is 0 Å². The van der Waals surface area contributed by atoms with Gasteiger partial charge in [0.25, 0.3) is 0 Å². The van der Waals surface area contributed by atoms with Crippen LogP contribution in [0.3, 0.4) is 0 Å². The van der Waals surface area contributed by atoms with Crippen molar-refractivity contribution in [3.8, 4) is 11.5 Å². The molecular weight excluding hydrogens is 292 g/mol. The van der Waals surface area contributed by atoms with E-state index in [0.717, 1.165) is 12.8 Å². The average molecular weight is 312 g/mol. The molecule has 0 spiro atoms.